The molecule has 0 fully saturated rings. The van der Waals surface area contributed by atoms with Crippen molar-refractivity contribution in [1.82, 2.24) is 0 Å². The van der Waals surface area contributed by atoms with Gasteiger partial charge in [-0.15, -0.1) is 0 Å². The highest BCUT2D eigenvalue weighted by molar-refractivity contribution is 9.10. The Labute approximate surface area is 163 Å². The Bertz CT molecular complexity index is 776. The van der Waals surface area contributed by atoms with Gasteiger partial charge in [0.25, 0.3) is 5.91 Å². The molecule has 0 aromatic heterocycles. The van der Waals surface area contributed by atoms with Crippen LogP contribution >= 0.6 is 15.9 Å². The van der Waals surface area contributed by atoms with E-state index in [-0.39, 0.29) is 5.91 Å². The van der Waals surface area contributed by atoms with Crippen LogP contribution in [0.3, 0.4) is 0 Å². The van der Waals surface area contributed by atoms with Crippen molar-refractivity contribution in [3.8, 4) is 11.5 Å². The van der Waals surface area contributed by atoms with Crippen LogP contribution < -0.4 is 14.8 Å². The first-order valence-electron chi connectivity index (χ1n) is 8.37. The fraction of sp³-hybridized carbons (Fsp3) is 0.286. The zero-order chi connectivity index (χ0) is 19.3. The molecule has 4 nitrogen and oxygen atoms in total. The summed E-state index contributed by atoms with van der Waals surface area (Å²) in [5, 5.41) is 2.86. The molecule has 0 radical (unpaired) electrons. The number of amides is 1. The van der Waals surface area contributed by atoms with Gasteiger partial charge in [-0.3, -0.25) is 4.79 Å². The summed E-state index contributed by atoms with van der Waals surface area (Å²) in [4.78, 5) is 12.4. The molecule has 2 aromatic rings. The standard InChI is InChI=1S/C21H24BrNO3/c1-13(2)12-25-19-8-6-18(7-9-19)23-21(24)16(5)26-20-14(3)10-17(22)11-15(20)4/h6-11,16H,1,12H2,2-5H3,(H,23,24). The third-order valence-electron chi connectivity index (χ3n) is 3.70. The van der Waals surface area contributed by atoms with Gasteiger partial charge in [-0.05, 0) is 80.8 Å². The summed E-state index contributed by atoms with van der Waals surface area (Å²) in [5.74, 6) is 1.26. The van der Waals surface area contributed by atoms with E-state index >= 15 is 0 Å². The summed E-state index contributed by atoms with van der Waals surface area (Å²) in [6.07, 6.45) is -0.618. The molecule has 2 rings (SSSR count). The van der Waals surface area contributed by atoms with Crippen molar-refractivity contribution in [2.24, 2.45) is 0 Å². The topological polar surface area (TPSA) is 47.6 Å². The Morgan fingerprint density at radius 2 is 1.77 bits per heavy atom. The van der Waals surface area contributed by atoms with Gasteiger partial charge in [0.2, 0.25) is 0 Å². The van der Waals surface area contributed by atoms with E-state index in [1.807, 2.05) is 45.0 Å². The molecule has 0 saturated carbocycles. The third kappa shape index (κ3) is 5.63. The zero-order valence-electron chi connectivity index (χ0n) is 15.6. The second-order valence-electron chi connectivity index (χ2n) is 6.39. The van der Waals surface area contributed by atoms with Gasteiger partial charge >= 0.3 is 0 Å². The second kappa shape index (κ2) is 8.90. The SMILES string of the molecule is C=C(C)COc1ccc(NC(=O)C(C)Oc2c(C)cc(Br)cc2C)cc1. The van der Waals surface area contributed by atoms with Gasteiger partial charge in [-0.25, -0.2) is 0 Å². The molecule has 0 bridgehead atoms. The Hall–Kier alpha value is -2.27. The van der Waals surface area contributed by atoms with Crippen molar-refractivity contribution in [1.29, 1.82) is 0 Å². The number of benzene rings is 2. The van der Waals surface area contributed by atoms with Crippen molar-refractivity contribution < 1.29 is 14.3 Å². The maximum atomic E-state index is 12.4. The molecule has 1 amide bonds. The van der Waals surface area contributed by atoms with E-state index < -0.39 is 6.10 Å². The number of carbonyl (C=O) groups excluding carboxylic acids is 1. The Kier molecular flexibility index (Phi) is 6.86. The van der Waals surface area contributed by atoms with E-state index in [4.69, 9.17) is 9.47 Å². The van der Waals surface area contributed by atoms with E-state index in [0.717, 1.165) is 32.7 Å². The molecule has 0 heterocycles. The maximum Gasteiger partial charge on any atom is 0.265 e. The molecule has 1 atom stereocenters. The highest BCUT2D eigenvalue weighted by atomic mass is 79.9. The average molecular weight is 418 g/mol. The molecular weight excluding hydrogens is 394 g/mol. The molecule has 5 heteroatoms. The van der Waals surface area contributed by atoms with Crippen molar-refractivity contribution in [2.45, 2.75) is 33.8 Å². The molecule has 0 aliphatic heterocycles. The lowest BCUT2D eigenvalue weighted by Gasteiger charge is -2.18. The number of halogens is 1. The van der Waals surface area contributed by atoms with E-state index in [1.165, 1.54) is 0 Å². The normalized spacial score (nSPS) is 11.6. The van der Waals surface area contributed by atoms with Crippen molar-refractivity contribution in [2.75, 3.05) is 11.9 Å². The largest absolute Gasteiger partial charge is 0.489 e. The molecule has 1 N–H and O–H groups in total. The smallest absolute Gasteiger partial charge is 0.265 e. The lowest BCUT2D eigenvalue weighted by atomic mass is 10.1. The number of anilines is 1. The molecule has 1 unspecified atom stereocenters. The number of ether oxygens (including phenoxy) is 2. The van der Waals surface area contributed by atoms with Crippen LogP contribution in [0.25, 0.3) is 0 Å². The van der Waals surface area contributed by atoms with Gasteiger partial charge in [0.05, 0.1) is 0 Å². The fourth-order valence-electron chi connectivity index (χ4n) is 2.40. The van der Waals surface area contributed by atoms with Crippen molar-refractivity contribution >= 4 is 27.5 Å². The predicted molar refractivity (Wildman–Crippen MR) is 109 cm³/mol. The number of carbonyl (C=O) groups is 1. The van der Waals surface area contributed by atoms with Crippen LogP contribution in [0, 0.1) is 13.8 Å². The highest BCUT2D eigenvalue weighted by Gasteiger charge is 2.17. The summed E-state index contributed by atoms with van der Waals surface area (Å²) < 4.78 is 12.4. The minimum Gasteiger partial charge on any atom is -0.489 e. The summed E-state index contributed by atoms with van der Waals surface area (Å²) in [5.41, 5.74) is 3.61. The number of nitrogens with one attached hydrogen (secondary N) is 1. The average Bonchev–Trinajstić information content (AvgIpc) is 2.57. The number of hydrogen-bond acceptors (Lipinski definition) is 3. The number of rotatable bonds is 7. The van der Waals surface area contributed by atoms with Gasteiger partial charge < -0.3 is 14.8 Å². The highest BCUT2D eigenvalue weighted by Crippen LogP contribution is 2.28. The van der Waals surface area contributed by atoms with Crippen molar-refractivity contribution in [3.63, 3.8) is 0 Å². The van der Waals surface area contributed by atoms with Crippen LogP contribution in [0.4, 0.5) is 5.69 Å². The Balaban J connectivity index is 1.98. The van der Waals surface area contributed by atoms with E-state index in [1.54, 1.807) is 19.1 Å². The molecule has 0 aliphatic rings. The van der Waals surface area contributed by atoms with Gasteiger partial charge in [-0.1, -0.05) is 22.5 Å². The fourth-order valence-corrected chi connectivity index (χ4v) is 3.09. The monoisotopic (exact) mass is 417 g/mol. The van der Waals surface area contributed by atoms with Crippen LogP contribution in [0.15, 0.2) is 53.0 Å². The Morgan fingerprint density at radius 3 is 2.31 bits per heavy atom. The van der Waals surface area contributed by atoms with E-state index in [2.05, 4.69) is 27.8 Å². The molecule has 138 valence electrons. The van der Waals surface area contributed by atoms with Crippen LogP contribution in [0.5, 0.6) is 11.5 Å². The van der Waals surface area contributed by atoms with Crippen LogP contribution in [-0.4, -0.2) is 18.6 Å². The Morgan fingerprint density at radius 1 is 1.19 bits per heavy atom. The van der Waals surface area contributed by atoms with Gasteiger partial charge in [0.1, 0.15) is 18.1 Å². The second-order valence-corrected chi connectivity index (χ2v) is 7.30. The van der Waals surface area contributed by atoms with Crippen LogP contribution in [0.2, 0.25) is 0 Å². The van der Waals surface area contributed by atoms with Gasteiger partial charge in [0.15, 0.2) is 6.10 Å². The first-order chi connectivity index (χ1) is 12.3. The molecular formula is C21H24BrNO3. The molecule has 26 heavy (non-hydrogen) atoms. The summed E-state index contributed by atoms with van der Waals surface area (Å²) in [6, 6.07) is 11.2. The number of hydrogen-bond donors (Lipinski definition) is 1. The van der Waals surface area contributed by atoms with Crippen LogP contribution in [0.1, 0.15) is 25.0 Å². The minimum atomic E-state index is -0.618. The van der Waals surface area contributed by atoms with E-state index in [0.29, 0.717) is 12.3 Å². The lowest BCUT2D eigenvalue weighted by molar-refractivity contribution is -0.122. The minimum absolute atomic E-state index is 0.206. The quantitative estimate of drug-likeness (QED) is 0.611. The summed E-state index contributed by atoms with van der Waals surface area (Å²) >= 11 is 3.46. The first kappa shape index (κ1) is 20.0. The molecule has 2 aromatic carbocycles. The van der Waals surface area contributed by atoms with Gasteiger partial charge in [0, 0.05) is 10.2 Å². The predicted octanol–water partition coefficient (Wildman–Crippen LogP) is 5.43. The summed E-state index contributed by atoms with van der Waals surface area (Å²) in [7, 11) is 0. The molecule has 0 saturated heterocycles. The first-order valence-corrected chi connectivity index (χ1v) is 9.17. The third-order valence-corrected chi connectivity index (χ3v) is 4.15. The molecule has 0 spiro atoms. The zero-order valence-corrected chi connectivity index (χ0v) is 17.1. The van der Waals surface area contributed by atoms with Crippen LogP contribution in [-0.2, 0) is 4.79 Å². The maximum absolute atomic E-state index is 12.4. The van der Waals surface area contributed by atoms with Crippen molar-refractivity contribution in [3.05, 3.63) is 64.1 Å². The molecule has 0 aliphatic carbocycles. The summed E-state index contributed by atoms with van der Waals surface area (Å²) in [6.45, 7) is 11.8. The lowest BCUT2D eigenvalue weighted by Crippen LogP contribution is -2.30. The van der Waals surface area contributed by atoms with E-state index in [9.17, 15) is 4.79 Å². The number of aryl methyl sites for hydroxylation is 2. The van der Waals surface area contributed by atoms with Gasteiger partial charge in [-0.2, -0.15) is 0 Å².